The standard InChI is InChI=1S/C11H22BrNO2S/c1-11(2,8-9-12)13-16(14,15)10-6-4-3-5-7-10/h10,13H,3-9H2,1-2H3. The minimum Gasteiger partial charge on any atom is -0.212 e. The van der Waals surface area contributed by atoms with Crippen LogP contribution in [0.3, 0.4) is 0 Å². The molecule has 0 aromatic heterocycles. The maximum Gasteiger partial charge on any atom is 0.214 e. The van der Waals surface area contributed by atoms with Crippen LogP contribution >= 0.6 is 15.9 Å². The van der Waals surface area contributed by atoms with Gasteiger partial charge in [-0.2, -0.15) is 0 Å². The SMILES string of the molecule is CC(C)(CCBr)NS(=O)(=O)C1CCCCC1. The zero-order valence-corrected chi connectivity index (χ0v) is 12.5. The maximum absolute atomic E-state index is 12.1. The third kappa shape index (κ3) is 4.34. The van der Waals surface area contributed by atoms with E-state index in [1.807, 2.05) is 13.8 Å². The van der Waals surface area contributed by atoms with E-state index in [0.29, 0.717) is 0 Å². The van der Waals surface area contributed by atoms with Crippen molar-refractivity contribution >= 4 is 26.0 Å². The van der Waals surface area contributed by atoms with Crippen LogP contribution in [0.2, 0.25) is 0 Å². The summed E-state index contributed by atoms with van der Waals surface area (Å²) in [5.74, 6) is 0. The number of sulfonamides is 1. The molecule has 0 radical (unpaired) electrons. The van der Waals surface area contributed by atoms with Gasteiger partial charge in [0.2, 0.25) is 10.0 Å². The molecular weight excluding hydrogens is 290 g/mol. The molecule has 5 heteroatoms. The fraction of sp³-hybridized carbons (Fsp3) is 1.00. The second-order valence-electron chi connectivity index (χ2n) is 5.23. The summed E-state index contributed by atoms with van der Waals surface area (Å²) in [5, 5.41) is 0.642. The predicted octanol–water partition coefficient (Wildman–Crippen LogP) is 2.80. The molecule has 0 spiro atoms. The summed E-state index contributed by atoms with van der Waals surface area (Å²) in [7, 11) is -3.13. The van der Waals surface area contributed by atoms with Gasteiger partial charge in [-0.25, -0.2) is 13.1 Å². The van der Waals surface area contributed by atoms with Crippen molar-refractivity contribution in [3.63, 3.8) is 0 Å². The van der Waals surface area contributed by atoms with Gasteiger partial charge in [-0.1, -0.05) is 35.2 Å². The lowest BCUT2D eigenvalue weighted by molar-refractivity contribution is 0.423. The third-order valence-corrected chi connectivity index (χ3v) is 5.71. The summed E-state index contributed by atoms with van der Waals surface area (Å²) in [6.07, 6.45) is 5.71. The van der Waals surface area contributed by atoms with Crippen LogP contribution in [0.1, 0.15) is 52.4 Å². The van der Waals surface area contributed by atoms with E-state index in [1.54, 1.807) is 0 Å². The minimum absolute atomic E-state index is 0.171. The normalized spacial score (nSPS) is 19.9. The molecule has 0 saturated heterocycles. The Labute approximate surface area is 108 Å². The quantitative estimate of drug-likeness (QED) is 0.794. The highest BCUT2D eigenvalue weighted by molar-refractivity contribution is 9.09. The van der Waals surface area contributed by atoms with Crippen molar-refractivity contribution in [2.24, 2.45) is 0 Å². The Hall–Kier alpha value is 0.390. The second-order valence-corrected chi connectivity index (χ2v) is 7.98. The number of alkyl halides is 1. The number of hydrogen-bond acceptors (Lipinski definition) is 2. The van der Waals surface area contributed by atoms with E-state index in [4.69, 9.17) is 0 Å². The van der Waals surface area contributed by atoms with Crippen LogP contribution < -0.4 is 4.72 Å². The summed E-state index contributed by atoms with van der Waals surface area (Å²) >= 11 is 3.35. The molecule has 1 rings (SSSR count). The van der Waals surface area contributed by atoms with Gasteiger partial charge in [0.1, 0.15) is 0 Å². The van der Waals surface area contributed by atoms with Crippen LogP contribution in [0.4, 0.5) is 0 Å². The van der Waals surface area contributed by atoms with Crippen molar-refractivity contribution < 1.29 is 8.42 Å². The average Bonchev–Trinajstić information content (AvgIpc) is 2.17. The van der Waals surface area contributed by atoms with Crippen LogP contribution in [-0.2, 0) is 10.0 Å². The van der Waals surface area contributed by atoms with E-state index in [2.05, 4.69) is 20.7 Å². The lowest BCUT2D eigenvalue weighted by Gasteiger charge is -2.29. The van der Waals surface area contributed by atoms with E-state index in [1.165, 1.54) is 6.42 Å². The third-order valence-electron chi connectivity index (χ3n) is 3.13. The van der Waals surface area contributed by atoms with Gasteiger partial charge >= 0.3 is 0 Å². The molecule has 1 aliphatic carbocycles. The first kappa shape index (κ1) is 14.5. The van der Waals surface area contributed by atoms with Gasteiger partial charge in [0, 0.05) is 10.9 Å². The molecular formula is C11H22BrNO2S. The van der Waals surface area contributed by atoms with Crippen molar-refractivity contribution in [1.82, 2.24) is 4.72 Å². The van der Waals surface area contributed by atoms with E-state index >= 15 is 0 Å². The van der Waals surface area contributed by atoms with Crippen LogP contribution in [0.5, 0.6) is 0 Å². The number of halogens is 1. The molecule has 16 heavy (non-hydrogen) atoms. The van der Waals surface area contributed by atoms with E-state index in [0.717, 1.165) is 37.4 Å². The summed E-state index contributed by atoms with van der Waals surface area (Å²) in [5.41, 5.74) is -0.347. The van der Waals surface area contributed by atoms with Gasteiger partial charge in [-0.3, -0.25) is 0 Å². The monoisotopic (exact) mass is 311 g/mol. The lowest BCUT2D eigenvalue weighted by Crippen LogP contribution is -2.48. The fourth-order valence-electron chi connectivity index (χ4n) is 2.13. The Balaban J connectivity index is 2.63. The molecule has 1 aliphatic rings. The van der Waals surface area contributed by atoms with Crippen molar-refractivity contribution in [1.29, 1.82) is 0 Å². The van der Waals surface area contributed by atoms with Crippen LogP contribution in [-0.4, -0.2) is 24.5 Å². The molecule has 0 aromatic carbocycles. The van der Waals surface area contributed by atoms with Gasteiger partial charge in [-0.15, -0.1) is 0 Å². The molecule has 1 N–H and O–H groups in total. The maximum atomic E-state index is 12.1. The van der Waals surface area contributed by atoms with Crippen LogP contribution in [0.15, 0.2) is 0 Å². The topological polar surface area (TPSA) is 46.2 Å². The van der Waals surface area contributed by atoms with Gasteiger partial charge in [0.25, 0.3) is 0 Å². The molecule has 0 heterocycles. The van der Waals surface area contributed by atoms with Crippen molar-refractivity contribution in [2.45, 2.75) is 63.2 Å². The van der Waals surface area contributed by atoms with Crippen molar-refractivity contribution in [3.8, 4) is 0 Å². The van der Waals surface area contributed by atoms with E-state index in [9.17, 15) is 8.42 Å². The predicted molar refractivity (Wildman–Crippen MR) is 71.4 cm³/mol. The largest absolute Gasteiger partial charge is 0.214 e. The van der Waals surface area contributed by atoms with E-state index < -0.39 is 10.0 Å². The highest BCUT2D eigenvalue weighted by atomic mass is 79.9. The fourth-order valence-corrected chi connectivity index (χ4v) is 5.12. The Morgan fingerprint density at radius 2 is 1.81 bits per heavy atom. The molecule has 0 atom stereocenters. The van der Waals surface area contributed by atoms with Crippen molar-refractivity contribution in [3.05, 3.63) is 0 Å². The second kappa shape index (κ2) is 5.83. The van der Waals surface area contributed by atoms with Crippen molar-refractivity contribution in [2.75, 3.05) is 5.33 Å². The Kier molecular flexibility index (Phi) is 5.26. The van der Waals surface area contributed by atoms with E-state index in [-0.39, 0.29) is 10.8 Å². The van der Waals surface area contributed by atoms with Gasteiger partial charge in [-0.05, 0) is 33.1 Å². The lowest BCUT2D eigenvalue weighted by atomic mass is 10.0. The number of nitrogens with one attached hydrogen (secondary N) is 1. The first-order valence-corrected chi connectivity index (χ1v) is 8.63. The average molecular weight is 312 g/mol. The number of hydrogen-bond donors (Lipinski definition) is 1. The molecule has 1 fully saturated rings. The summed E-state index contributed by atoms with van der Waals surface area (Å²) in [4.78, 5) is 0. The first-order valence-electron chi connectivity index (χ1n) is 5.96. The Bertz CT molecular complexity index is 308. The summed E-state index contributed by atoms with van der Waals surface area (Å²) < 4.78 is 27.1. The minimum atomic E-state index is -3.13. The smallest absolute Gasteiger partial charge is 0.212 e. The molecule has 96 valence electrons. The summed E-state index contributed by atoms with van der Waals surface area (Å²) in [6, 6.07) is 0. The molecule has 3 nitrogen and oxygen atoms in total. The molecule has 0 unspecified atom stereocenters. The van der Waals surface area contributed by atoms with Gasteiger partial charge in [0.15, 0.2) is 0 Å². The van der Waals surface area contributed by atoms with Gasteiger partial charge in [0.05, 0.1) is 5.25 Å². The van der Waals surface area contributed by atoms with Crippen LogP contribution in [0, 0.1) is 0 Å². The van der Waals surface area contributed by atoms with Crippen LogP contribution in [0.25, 0.3) is 0 Å². The highest BCUT2D eigenvalue weighted by Crippen LogP contribution is 2.24. The molecule has 0 aromatic rings. The first-order chi connectivity index (χ1) is 7.37. The Morgan fingerprint density at radius 3 is 2.31 bits per heavy atom. The molecule has 0 bridgehead atoms. The molecule has 1 saturated carbocycles. The highest BCUT2D eigenvalue weighted by Gasteiger charge is 2.31. The summed E-state index contributed by atoms with van der Waals surface area (Å²) in [6.45, 7) is 3.88. The number of rotatable bonds is 5. The molecule has 0 amide bonds. The zero-order chi connectivity index (χ0) is 12.2. The Morgan fingerprint density at radius 1 is 1.25 bits per heavy atom. The molecule has 0 aliphatic heterocycles. The van der Waals surface area contributed by atoms with Gasteiger partial charge < -0.3 is 0 Å². The zero-order valence-electron chi connectivity index (χ0n) is 10.1.